The molecule has 1 rings (SSSR count). The van der Waals surface area contributed by atoms with E-state index >= 15 is 0 Å². The van der Waals surface area contributed by atoms with E-state index in [0.29, 0.717) is 11.3 Å². The molecule has 0 aliphatic heterocycles. The summed E-state index contributed by atoms with van der Waals surface area (Å²) in [6, 6.07) is 4.44. The lowest BCUT2D eigenvalue weighted by molar-refractivity contribution is -0.118. The molecule has 0 aromatic heterocycles. The molecule has 1 aromatic rings. The molecule has 112 valence electrons. The summed E-state index contributed by atoms with van der Waals surface area (Å²) >= 11 is 0. The molecule has 0 saturated carbocycles. The number of anilines is 1. The van der Waals surface area contributed by atoms with Crippen molar-refractivity contribution in [3.8, 4) is 0 Å². The fourth-order valence-electron chi connectivity index (χ4n) is 1.61. The van der Waals surface area contributed by atoms with Crippen molar-refractivity contribution in [1.29, 1.82) is 0 Å². The summed E-state index contributed by atoms with van der Waals surface area (Å²) in [5.74, 6) is -0.565. The van der Waals surface area contributed by atoms with Crippen molar-refractivity contribution in [3.63, 3.8) is 0 Å². The summed E-state index contributed by atoms with van der Waals surface area (Å²) in [5, 5.41) is 2.73. The van der Waals surface area contributed by atoms with Gasteiger partial charge >= 0.3 is 5.97 Å². The molecule has 0 heterocycles. The van der Waals surface area contributed by atoms with Gasteiger partial charge in [-0.3, -0.25) is 4.79 Å². The minimum atomic E-state index is -0.555. The van der Waals surface area contributed by atoms with Crippen LogP contribution in [-0.2, 0) is 9.53 Å². The third kappa shape index (κ3) is 4.51. The van der Waals surface area contributed by atoms with Crippen LogP contribution < -0.4 is 11.1 Å². The van der Waals surface area contributed by atoms with Crippen LogP contribution in [0.2, 0.25) is 0 Å². The van der Waals surface area contributed by atoms with Gasteiger partial charge in [-0.15, -0.1) is 12.4 Å². The number of ether oxygens (including phenoxy) is 1. The van der Waals surface area contributed by atoms with Crippen LogP contribution in [0.4, 0.5) is 5.69 Å². The van der Waals surface area contributed by atoms with Crippen LogP contribution in [0.25, 0.3) is 0 Å². The predicted octanol–water partition coefficient (Wildman–Crippen LogP) is 2.13. The van der Waals surface area contributed by atoms with E-state index < -0.39 is 12.0 Å². The molecular formula is C14H21ClN2O3. The first kappa shape index (κ1) is 18.4. The molecular weight excluding hydrogens is 280 g/mol. The molecule has 0 radical (unpaired) electrons. The van der Waals surface area contributed by atoms with Crippen molar-refractivity contribution in [3.05, 3.63) is 29.3 Å². The number of hydrogen-bond acceptors (Lipinski definition) is 4. The number of rotatable bonds is 4. The van der Waals surface area contributed by atoms with Crippen molar-refractivity contribution < 1.29 is 14.3 Å². The Kier molecular flexibility index (Phi) is 7.24. The smallest absolute Gasteiger partial charge is 0.338 e. The number of benzene rings is 1. The zero-order valence-corrected chi connectivity index (χ0v) is 12.9. The highest BCUT2D eigenvalue weighted by atomic mass is 35.5. The van der Waals surface area contributed by atoms with Gasteiger partial charge in [0.05, 0.1) is 18.7 Å². The van der Waals surface area contributed by atoms with Crippen molar-refractivity contribution in [2.45, 2.75) is 26.8 Å². The molecule has 20 heavy (non-hydrogen) atoms. The highest BCUT2D eigenvalue weighted by Gasteiger charge is 2.17. The molecule has 0 spiro atoms. The molecule has 0 aliphatic carbocycles. The van der Waals surface area contributed by atoms with Gasteiger partial charge in [-0.05, 0) is 36.6 Å². The van der Waals surface area contributed by atoms with Crippen LogP contribution in [0.15, 0.2) is 18.2 Å². The van der Waals surface area contributed by atoms with E-state index in [0.717, 1.165) is 5.56 Å². The number of amides is 1. The first-order valence-electron chi connectivity index (χ1n) is 6.12. The standard InChI is InChI=1S/C14H20N2O3.ClH/c1-8(2)12(15)13(17)16-10-5-6-11(9(3)7-10)14(18)19-4;/h5-8,12H,15H2,1-4H3,(H,16,17);1H/t12-;/m0./s1. The van der Waals surface area contributed by atoms with E-state index in [4.69, 9.17) is 5.73 Å². The Morgan fingerprint density at radius 1 is 1.30 bits per heavy atom. The van der Waals surface area contributed by atoms with Gasteiger partial charge in [0.15, 0.2) is 0 Å². The molecule has 0 bridgehead atoms. The molecule has 0 saturated heterocycles. The van der Waals surface area contributed by atoms with Gasteiger partial charge in [0.1, 0.15) is 0 Å². The number of halogens is 1. The number of nitrogens with two attached hydrogens (primary N) is 1. The number of esters is 1. The maximum absolute atomic E-state index is 11.8. The lowest BCUT2D eigenvalue weighted by Gasteiger charge is -2.16. The van der Waals surface area contributed by atoms with Gasteiger partial charge in [-0.25, -0.2) is 4.79 Å². The van der Waals surface area contributed by atoms with E-state index in [2.05, 4.69) is 10.1 Å². The van der Waals surface area contributed by atoms with Crippen LogP contribution in [0.5, 0.6) is 0 Å². The van der Waals surface area contributed by atoms with Gasteiger partial charge in [-0.1, -0.05) is 13.8 Å². The Bertz CT molecular complexity index is 489. The number of carbonyl (C=O) groups excluding carboxylic acids is 2. The van der Waals surface area contributed by atoms with E-state index in [1.54, 1.807) is 25.1 Å². The Morgan fingerprint density at radius 2 is 1.90 bits per heavy atom. The Morgan fingerprint density at radius 3 is 2.35 bits per heavy atom. The number of aryl methyl sites for hydroxylation is 1. The van der Waals surface area contributed by atoms with Gasteiger partial charge in [0.2, 0.25) is 5.91 Å². The summed E-state index contributed by atoms with van der Waals surface area (Å²) in [7, 11) is 1.33. The van der Waals surface area contributed by atoms with Gasteiger partial charge in [-0.2, -0.15) is 0 Å². The monoisotopic (exact) mass is 300 g/mol. The zero-order valence-electron chi connectivity index (χ0n) is 12.1. The SMILES string of the molecule is COC(=O)c1ccc(NC(=O)[C@@H](N)C(C)C)cc1C.Cl. The summed E-state index contributed by atoms with van der Waals surface area (Å²) in [4.78, 5) is 23.2. The predicted molar refractivity (Wildman–Crippen MR) is 81.2 cm³/mol. The molecule has 5 nitrogen and oxygen atoms in total. The van der Waals surface area contributed by atoms with Crippen molar-refractivity contribution in [2.24, 2.45) is 11.7 Å². The lowest BCUT2D eigenvalue weighted by atomic mass is 10.0. The number of carbonyl (C=O) groups is 2. The molecule has 0 aliphatic rings. The van der Waals surface area contributed by atoms with E-state index in [1.165, 1.54) is 7.11 Å². The second-order valence-corrected chi connectivity index (χ2v) is 4.78. The van der Waals surface area contributed by atoms with Crippen LogP contribution in [0.3, 0.4) is 0 Å². The summed E-state index contributed by atoms with van der Waals surface area (Å²) in [6.07, 6.45) is 0. The molecule has 1 atom stereocenters. The van der Waals surface area contributed by atoms with Gasteiger partial charge in [0, 0.05) is 5.69 Å². The third-order valence-corrected chi connectivity index (χ3v) is 2.92. The second-order valence-electron chi connectivity index (χ2n) is 4.78. The van der Waals surface area contributed by atoms with E-state index in [-0.39, 0.29) is 24.2 Å². The second kappa shape index (κ2) is 7.87. The fourth-order valence-corrected chi connectivity index (χ4v) is 1.61. The number of hydrogen-bond donors (Lipinski definition) is 2. The maximum Gasteiger partial charge on any atom is 0.338 e. The van der Waals surface area contributed by atoms with Gasteiger partial charge < -0.3 is 15.8 Å². The maximum atomic E-state index is 11.8. The van der Waals surface area contributed by atoms with E-state index in [9.17, 15) is 9.59 Å². The largest absolute Gasteiger partial charge is 0.465 e. The summed E-state index contributed by atoms with van der Waals surface area (Å²) < 4.78 is 4.66. The number of methoxy groups -OCH3 is 1. The summed E-state index contributed by atoms with van der Waals surface area (Å²) in [6.45, 7) is 5.55. The molecule has 1 aromatic carbocycles. The van der Waals surface area contributed by atoms with Crippen LogP contribution in [0.1, 0.15) is 29.8 Å². The van der Waals surface area contributed by atoms with E-state index in [1.807, 2.05) is 13.8 Å². The van der Waals surface area contributed by atoms with Crippen molar-refractivity contribution >= 4 is 30.0 Å². The highest BCUT2D eigenvalue weighted by Crippen LogP contribution is 2.16. The minimum Gasteiger partial charge on any atom is -0.465 e. The first-order chi connectivity index (χ1) is 8.86. The Hall–Kier alpha value is -1.59. The molecule has 0 unspecified atom stereocenters. The van der Waals surface area contributed by atoms with Crippen molar-refractivity contribution in [2.75, 3.05) is 12.4 Å². The molecule has 0 fully saturated rings. The Labute approximate surface area is 125 Å². The lowest BCUT2D eigenvalue weighted by Crippen LogP contribution is -2.39. The van der Waals surface area contributed by atoms with Gasteiger partial charge in [0.25, 0.3) is 0 Å². The average Bonchev–Trinajstić information content (AvgIpc) is 2.36. The topological polar surface area (TPSA) is 81.4 Å². The summed E-state index contributed by atoms with van der Waals surface area (Å²) in [5.41, 5.74) is 7.60. The molecule has 3 N–H and O–H groups in total. The average molecular weight is 301 g/mol. The van der Waals surface area contributed by atoms with Crippen LogP contribution >= 0.6 is 12.4 Å². The third-order valence-electron chi connectivity index (χ3n) is 2.92. The van der Waals surface area contributed by atoms with Crippen molar-refractivity contribution in [1.82, 2.24) is 0 Å². The number of nitrogens with one attached hydrogen (secondary N) is 1. The first-order valence-corrected chi connectivity index (χ1v) is 6.12. The zero-order chi connectivity index (χ0) is 14.6. The normalized spacial score (nSPS) is 11.5. The quantitative estimate of drug-likeness (QED) is 0.835. The molecule has 6 heteroatoms. The van der Waals surface area contributed by atoms with Crippen LogP contribution in [-0.4, -0.2) is 25.0 Å². The fraction of sp³-hybridized carbons (Fsp3) is 0.429. The highest BCUT2D eigenvalue weighted by molar-refractivity contribution is 5.96. The molecule has 1 amide bonds. The van der Waals surface area contributed by atoms with Crippen LogP contribution in [0, 0.1) is 12.8 Å². The Balaban J connectivity index is 0.00000361. The minimum absolute atomic E-state index is 0.